The fourth-order valence-electron chi connectivity index (χ4n) is 0.413. The van der Waals surface area contributed by atoms with Crippen LogP contribution in [-0.4, -0.2) is 16.0 Å². The van der Waals surface area contributed by atoms with Gasteiger partial charge in [0.15, 0.2) is 0 Å². The highest BCUT2D eigenvalue weighted by molar-refractivity contribution is 7.39. The van der Waals surface area contributed by atoms with Crippen molar-refractivity contribution in [2.75, 3.05) is 0 Å². The Hall–Kier alpha value is -0.320. The zero-order valence-electron chi connectivity index (χ0n) is 5.95. The van der Waals surface area contributed by atoms with Crippen LogP contribution in [0.5, 0.6) is 0 Å². The fourth-order valence-corrected chi connectivity index (χ4v) is 0.607. The molecule has 2 N–H and O–H groups in total. The molecule has 0 heterocycles. The van der Waals surface area contributed by atoms with Crippen molar-refractivity contribution in [3.8, 4) is 0 Å². The average Bonchev–Trinajstić information content (AvgIpc) is 1.83. The molecule has 0 aromatic rings. The van der Waals surface area contributed by atoms with E-state index in [-0.39, 0.29) is 6.42 Å². The molecular formula is C5H8F3O3P. The normalized spacial score (nSPS) is 12.8. The number of hydrogen-bond donors (Lipinski definition) is 2. The fraction of sp³-hybridized carbons (Fsp3) is 0.600. The van der Waals surface area contributed by atoms with Gasteiger partial charge in [-0.1, -0.05) is 0 Å². The molecule has 0 rings (SSSR count). The SMILES string of the molecule is OP(O)OC=CCCC(F)(F)F. The lowest BCUT2D eigenvalue weighted by molar-refractivity contribution is -0.133. The Balaban J connectivity index is 3.37. The van der Waals surface area contributed by atoms with Gasteiger partial charge in [-0.15, -0.1) is 0 Å². The molecule has 0 aromatic carbocycles. The summed E-state index contributed by atoms with van der Waals surface area (Å²) in [6.45, 7) is 0. The van der Waals surface area contributed by atoms with E-state index >= 15 is 0 Å². The van der Waals surface area contributed by atoms with Crippen LogP contribution in [0, 0.1) is 0 Å². The van der Waals surface area contributed by atoms with Crippen LogP contribution in [0.1, 0.15) is 12.8 Å². The third-order valence-electron chi connectivity index (χ3n) is 0.846. The first kappa shape index (κ1) is 11.7. The molecule has 0 fully saturated rings. The number of alkyl halides is 3. The maximum Gasteiger partial charge on any atom is 0.390 e. The smallest absolute Gasteiger partial charge is 0.390 e. The summed E-state index contributed by atoms with van der Waals surface area (Å²) < 4.78 is 38.5. The van der Waals surface area contributed by atoms with E-state index in [9.17, 15) is 13.2 Å². The van der Waals surface area contributed by atoms with Gasteiger partial charge < -0.3 is 14.3 Å². The molecular weight excluding hydrogens is 196 g/mol. The Kier molecular flexibility index (Phi) is 5.20. The molecule has 0 aliphatic carbocycles. The van der Waals surface area contributed by atoms with Gasteiger partial charge in [0.05, 0.1) is 6.26 Å². The molecule has 0 spiro atoms. The van der Waals surface area contributed by atoms with Crippen LogP contribution in [-0.2, 0) is 4.52 Å². The molecule has 0 saturated heterocycles. The van der Waals surface area contributed by atoms with Crippen LogP contribution < -0.4 is 0 Å². The highest BCUT2D eigenvalue weighted by Gasteiger charge is 2.25. The van der Waals surface area contributed by atoms with Crippen LogP contribution >= 0.6 is 8.60 Å². The summed E-state index contributed by atoms with van der Waals surface area (Å²) >= 11 is 0. The summed E-state index contributed by atoms with van der Waals surface area (Å²) in [4.78, 5) is 16.3. The summed E-state index contributed by atoms with van der Waals surface area (Å²) in [6, 6.07) is 0. The predicted molar refractivity (Wildman–Crippen MR) is 36.9 cm³/mol. The largest absolute Gasteiger partial charge is 0.435 e. The molecule has 0 bridgehead atoms. The summed E-state index contributed by atoms with van der Waals surface area (Å²) in [5.74, 6) is 0. The van der Waals surface area contributed by atoms with Crippen LogP contribution in [0.3, 0.4) is 0 Å². The molecule has 0 aliphatic heterocycles. The first-order chi connectivity index (χ1) is 5.42. The molecule has 0 atom stereocenters. The second-order valence-corrected chi connectivity index (χ2v) is 2.60. The van der Waals surface area contributed by atoms with E-state index < -0.39 is 21.2 Å². The predicted octanol–water partition coefficient (Wildman–Crippen LogP) is 2.07. The van der Waals surface area contributed by atoms with Crippen molar-refractivity contribution in [3.05, 3.63) is 12.3 Å². The Morgan fingerprint density at radius 2 is 1.92 bits per heavy atom. The van der Waals surface area contributed by atoms with E-state index in [0.29, 0.717) is 0 Å². The third kappa shape index (κ3) is 9.68. The Labute approximate surface area is 68.5 Å². The lowest BCUT2D eigenvalue weighted by atomic mass is 10.3. The van der Waals surface area contributed by atoms with Gasteiger partial charge >= 0.3 is 14.8 Å². The molecule has 7 heteroatoms. The Morgan fingerprint density at radius 3 is 2.33 bits per heavy atom. The zero-order chi connectivity index (χ0) is 9.61. The van der Waals surface area contributed by atoms with E-state index in [1.165, 1.54) is 0 Å². The molecule has 0 aromatic heterocycles. The molecule has 0 aliphatic rings. The van der Waals surface area contributed by atoms with Gasteiger partial charge in [0.2, 0.25) is 0 Å². The van der Waals surface area contributed by atoms with E-state index in [0.717, 1.165) is 12.3 Å². The highest BCUT2D eigenvalue weighted by Crippen LogP contribution is 2.25. The van der Waals surface area contributed by atoms with Crippen LogP contribution in [0.4, 0.5) is 13.2 Å². The lowest BCUT2D eigenvalue weighted by Gasteiger charge is -2.02. The van der Waals surface area contributed by atoms with Crippen molar-refractivity contribution >= 4 is 8.60 Å². The standard InChI is InChI=1S/C5H8F3O3P/c6-5(7,8)3-1-2-4-11-12(9)10/h2,4,9-10H,1,3H2. The second kappa shape index (κ2) is 5.35. The van der Waals surface area contributed by atoms with Gasteiger partial charge in [0.25, 0.3) is 0 Å². The van der Waals surface area contributed by atoms with E-state index in [2.05, 4.69) is 4.52 Å². The number of hydrogen-bond acceptors (Lipinski definition) is 3. The van der Waals surface area contributed by atoms with Gasteiger partial charge in [-0.2, -0.15) is 13.2 Å². The number of halogens is 3. The van der Waals surface area contributed by atoms with Gasteiger partial charge in [-0.05, 0) is 12.5 Å². The van der Waals surface area contributed by atoms with E-state index in [4.69, 9.17) is 9.79 Å². The Morgan fingerprint density at radius 1 is 1.33 bits per heavy atom. The van der Waals surface area contributed by atoms with Crippen molar-refractivity contribution in [1.82, 2.24) is 0 Å². The molecule has 72 valence electrons. The first-order valence-corrected chi connectivity index (χ1v) is 4.15. The quantitative estimate of drug-likeness (QED) is 0.544. The topological polar surface area (TPSA) is 49.7 Å². The molecule has 3 nitrogen and oxygen atoms in total. The molecule has 0 amide bonds. The maximum atomic E-state index is 11.5. The highest BCUT2D eigenvalue weighted by atomic mass is 31.2. The molecule has 0 radical (unpaired) electrons. The average molecular weight is 204 g/mol. The third-order valence-corrected chi connectivity index (χ3v) is 1.16. The van der Waals surface area contributed by atoms with Crippen LogP contribution in [0.25, 0.3) is 0 Å². The monoisotopic (exact) mass is 204 g/mol. The van der Waals surface area contributed by atoms with Gasteiger partial charge in [-0.3, -0.25) is 0 Å². The first-order valence-electron chi connectivity index (χ1n) is 2.98. The van der Waals surface area contributed by atoms with Crippen molar-refractivity contribution in [3.63, 3.8) is 0 Å². The van der Waals surface area contributed by atoms with Gasteiger partial charge in [0, 0.05) is 6.42 Å². The van der Waals surface area contributed by atoms with Crippen LogP contribution in [0.15, 0.2) is 12.3 Å². The van der Waals surface area contributed by atoms with Crippen molar-refractivity contribution in [2.45, 2.75) is 19.0 Å². The lowest BCUT2D eigenvalue weighted by Crippen LogP contribution is -2.05. The van der Waals surface area contributed by atoms with Crippen molar-refractivity contribution in [2.24, 2.45) is 0 Å². The van der Waals surface area contributed by atoms with E-state index in [1.54, 1.807) is 0 Å². The maximum absolute atomic E-state index is 11.5. The van der Waals surface area contributed by atoms with E-state index in [1.807, 2.05) is 0 Å². The summed E-state index contributed by atoms with van der Waals surface area (Å²) in [5.41, 5.74) is 0. The summed E-state index contributed by atoms with van der Waals surface area (Å²) in [5, 5.41) is 0. The summed E-state index contributed by atoms with van der Waals surface area (Å²) in [6.07, 6.45) is -3.44. The van der Waals surface area contributed by atoms with Crippen molar-refractivity contribution in [1.29, 1.82) is 0 Å². The molecule has 0 saturated carbocycles. The van der Waals surface area contributed by atoms with Crippen LogP contribution in [0.2, 0.25) is 0 Å². The van der Waals surface area contributed by atoms with Gasteiger partial charge in [0.1, 0.15) is 0 Å². The molecule has 0 unspecified atom stereocenters. The second-order valence-electron chi connectivity index (χ2n) is 1.88. The minimum atomic E-state index is -4.19. The zero-order valence-corrected chi connectivity index (χ0v) is 6.85. The molecule has 12 heavy (non-hydrogen) atoms. The Bertz CT molecular complexity index is 145. The number of allylic oxidation sites excluding steroid dienone is 1. The minimum absolute atomic E-state index is 0.229. The minimum Gasteiger partial charge on any atom is -0.435 e. The number of rotatable bonds is 4. The summed E-state index contributed by atoms with van der Waals surface area (Å²) in [7, 11) is -2.51. The van der Waals surface area contributed by atoms with Crippen molar-refractivity contribution < 1.29 is 27.5 Å². The van der Waals surface area contributed by atoms with Gasteiger partial charge in [-0.25, -0.2) is 0 Å².